The van der Waals surface area contributed by atoms with E-state index >= 15 is 0 Å². The Balaban J connectivity index is 2.58. The Labute approximate surface area is 117 Å². The van der Waals surface area contributed by atoms with E-state index < -0.39 is 0 Å². The van der Waals surface area contributed by atoms with E-state index in [2.05, 4.69) is 0 Å². The first-order valence-corrected chi connectivity index (χ1v) is 7.23. The minimum absolute atomic E-state index is 0.190. The third-order valence-corrected chi connectivity index (χ3v) is 4.28. The maximum atomic E-state index is 12.2. The number of carbonyl (C=O) groups excluding carboxylic acids is 2. The van der Waals surface area contributed by atoms with E-state index in [1.54, 1.807) is 0 Å². The summed E-state index contributed by atoms with van der Waals surface area (Å²) in [6.45, 7) is 6.02. The molecule has 1 aliphatic heterocycles. The van der Waals surface area contributed by atoms with Gasteiger partial charge in [0.1, 0.15) is 0 Å². The van der Waals surface area contributed by atoms with Crippen molar-refractivity contribution in [1.82, 2.24) is 4.90 Å². The molecule has 0 bridgehead atoms. The lowest BCUT2D eigenvalue weighted by Gasteiger charge is -2.08. The number of imide groups is 1. The summed E-state index contributed by atoms with van der Waals surface area (Å²) in [5.74, 6) is 0.380. The predicted octanol–water partition coefficient (Wildman–Crippen LogP) is 2.77. The van der Waals surface area contributed by atoms with Gasteiger partial charge in [-0.05, 0) is 36.3 Å². The number of hydrogen-bond donors (Lipinski definition) is 0. The van der Waals surface area contributed by atoms with Crippen LogP contribution in [0.4, 0.5) is 0 Å². The maximum Gasteiger partial charge on any atom is 0.267 e. The number of aryl methyl sites for hydroxylation is 2. The quantitative estimate of drug-likeness (QED) is 0.796. The first kappa shape index (κ1) is 13.9. The molecule has 0 fully saturated rings. The number of amides is 2. The lowest BCUT2D eigenvalue weighted by Crippen LogP contribution is -2.26. The summed E-state index contributed by atoms with van der Waals surface area (Å²) in [4.78, 5) is 26.1. The topological polar surface area (TPSA) is 37.4 Å². The SMILES string of the molecule is CCSC1=C(c2ccc(C)c(C)c2)C(=O)N(C)C1=O. The van der Waals surface area contributed by atoms with Gasteiger partial charge in [0.25, 0.3) is 11.8 Å². The second-order valence-corrected chi connectivity index (χ2v) is 5.88. The monoisotopic (exact) mass is 275 g/mol. The molecule has 1 heterocycles. The van der Waals surface area contributed by atoms with Crippen molar-refractivity contribution in [2.75, 3.05) is 12.8 Å². The summed E-state index contributed by atoms with van der Waals surface area (Å²) in [6.07, 6.45) is 0. The fraction of sp³-hybridized carbons (Fsp3) is 0.333. The van der Waals surface area contributed by atoms with Gasteiger partial charge in [-0.15, -0.1) is 11.8 Å². The van der Waals surface area contributed by atoms with E-state index in [-0.39, 0.29) is 11.8 Å². The second kappa shape index (κ2) is 5.21. The summed E-state index contributed by atoms with van der Waals surface area (Å²) >= 11 is 1.44. The molecule has 3 nitrogen and oxygen atoms in total. The minimum Gasteiger partial charge on any atom is -0.277 e. The molecule has 0 unspecified atom stereocenters. The summed E-state index contributed by atoms with van der Waals surface area (Å²) in [6, 6.07) is 5.88. The molecule has 0 atom stereocenters. The molecule has 2 rings (SSSR count). The van der Waals surface area contributed by atoms with Crippen LogP contribution >= 0.6 is 11.8 Å². The number of rotatable bonds is 3. The fourth-order valence-electron chi connectivity index (χ4n) is 2.05. The van der Waals surface area contributed by atoms with Gasteiger partial charge in [-0.25, -0.2) is 0 Å². The van der Waals surface area contributed by atoms with Gasteiger partial charge in [0.15, 0.2) is 0 Å². The predicted molar refractivity (Wildman–Crippen MR) is 78.7 cm³/mol. The molecule has 0 saturated heterocycles. The molecule has 4 heteroatoms. The van der Waals surface area contributed by atoms with Crippen LogP contribution in [-0.2, 0) is 9.59 Å². The van der Waals surface area contributed by atoms with Gasteiger partial charge in [0, 0.05) is 7.05 Å². The van der Waals surface area contributed by atoms with Gasteiger partial charge in [0.05, 0.1) is 10.5 Å². The largest absolute Gasteiger partial charge is 0.277 e. The molecule has 1 aliphatic rings. The van der Waals surface area contributed by atoms with Gasteiger partial charge >= 0.3 is 0 Å². The average Bonchev–Trinajstić information content (AvgIpc) is 2.59. The number of likely N-dealkylation sites (N-methyl/N-ethyl adjacent to an activating group) is 1. The van der Waals surface area contributed by atoms with Crippen LogP contribution in [0.15, 0.2) is 23.1 Å². The number of benzene rings is 1. The summed E-state index contributed by atoms with van der Waals surface area (Å²) < 4.78 is 0. The zero-order valence-electron chi connectivity index (χ0n) is 11.6. The molecular weight excluding hydrogens is 258 g/mol. The first-order chi connectivity index (χ1) is 8.97. The van der Waals surface area contributed by atoms with Crippen molar-refractivity contribution in [3.63, 3.8) is 0 Å². The molecule has 100 valence electrons. The van der Waals surface area contributed by atoms with Crippen molar-refractivity contribution in [1.29, 1.82) is 0 Å². The number of thioether (sulfide) groups is 1. The van der Waals surface area contributed by atoms with Crippen molar-refractivity contribution in [3.8, 4) is 0 Å². The van der Waals surface area contributed by atoms with Crippen LogP contribution in [0.1, 0.15) is 23.6 Å². The highest BCUT2D eigenvalue weighted by molar-refractivity contribution is 8.04. The van der Waals surface area contributed by atoms with E-state index in [9.17, 15) is 9.59 Å². The summed E-state index contributed by atoms with van der Waals surface area (Å²) in [7, 11) is 1.54. The fourth-order valence-corrected chi connectivity index (χ4v) is 2.94. The Hall–Kier alpha value is -1.55. The van der Waals surface area contributed by atoms with Gasteiger partial charge in [0.2, 0.25) is 0 Å². The molecule has 0 saturated carbocycles. The normalized spacial score (nSPS) is 15.7. The Morgan fingerprint density at radius 3 is 2.37 bits per heavy atom. The molecule has 0 N–H and O–H groups in total. The van der Waals surface area contributed by atoms with Crippen molar-refractivity contribution in [2.45, 2.75) is 20.8 Å². The Bertz CT molecular complexity index is 590. The highest BCUT2D eigenvalue weighted by Gasteiger charge is 2.36. The summed E-state index contributed by atoms with van der Waals surface area (Å²) in [5, 5.41) is 0. The molecule has 19 heavy (non-hydrogen) atoms. The Morgan fingerprint density at radius 2 is 1.79 bits per heavy atom. The van der Waals surface area contributed by atoms with Crippen LogP contribution in [0, 0.1) is 13.8 Å². The lowest BCUT2D eigenvalue weighted by molar-refractivity contribution is -0.134. The van der Waals surface area contributed by atoms with Crippen LogP contribution in [-0.4, -0.2) is 29.5 Å². The van der Waals surface area contributed by atoms with Gasteiger partial charge in [-0.2, -0.15) is 0 Å². The van der Waals surface area contributed by atoms with E-state index in [1.165, 1.54) is 29.3 Å². The molecule has 1 aromatic rings. The second-order valence-electron chi connectivity index (χ2n) is 4.61. The molecule has 0 aliphatic carbocycles. The van der Waals surface area contributed by atoms with E-state index in [0.29, 0.717) is 10.5 Å². The lowest BCUT2D eigenvalue weighted by atomic mass is 10.0. The van der Waals surface area contributed by atoms with Crippen LogP contribution in [0.3, 0.4) is 0 Å². The zero-order valence-corrected chi connectivity index (χ0v) is 12.4. The minimum atomic E-state index is -0.204. The third kappa shape index (κ3) is 2.32. The molecule has 1 aromatic carbocycles. The van der Waals surface area contributed by atoms with Crippen LogP contribution < -0.4 is 0 Å². The van der Waals surface area contributed by atoms with Crippen LogP contribution in [0.2, 0.25) is 0 Å². The van der Waals surface area contributed by atoms with Crippen LogP contribution in [0.5, 0.6) is 0 Å². The van der Waals surface area contributed by atoms with Crippen molar-refractivity contribution in [3.05, 3.63) is 39.8 Å². The van der Waals surface area contributed by atoms with E-state index in [1.807, 2.05) is 39.0 Å². The van der Waals surface area contributed by atoms with Crippen molar-refractivity contribution >= 4 is 29.1 Å². The molecule has 0 radical (unpaired) electrons. The molecule has 0 spiro atoms. The highest BCUT2D eigenvalue weighted by Crippen LogP contribution is 2.35. The maximum absolute atomic E-state index is 12.2. The Kier molecular flexibility index (Phi) is 3.80. The number of nitrogens with zero attached hydrogens (tertiary/aromatic N) is 1. The number of carbonyl (C=O) groups is 2. The van der Waals surface area contributed by atoms with Gasteiger partial charge < -0.3 is 0 Å². The van der Waals surface area contributed by atoms with E-state index in [4.69, 9.17) is 0 Å². The molecular formula is C15H17NO2S. The zero-order chi connectivity index (χ0) is 14.2. The average molecular weight is 275 g/mol. The van der Waals surface area contributed by atoms with Gasteiger partial charge in [-0.1, -0.05) is 25.1 Å². The third-order valence-electron chi connectivity index (χ3n) is 3.33. The van der Waals surface area contributed by atoms with Gasteiger partial charge in [-0.3, -0.25) is 14.5 Å². The highest BCUT2D eigenvalue weighted by atomic mass is 32.2. The smallest absolute Gasteiger partial charge is 0.267 e. The first-order valence-electron chi connectivity index (χ1n) is 6.24. The standard InChI is InChI=1S/C15H17NO2S/c1-5-19-13-12(14(17)16(4)15(13)18)11-7-6-9(2)10(3)8-11/h6-8H,5H2,1-4H3. The van der Waals surface area contributed by atoms with Crippen molar-refractivity contribution in [2.24, 2.45) is 0 Å². The summed E-state index contributed by atoms with van der Waals surface area (Å²) in [5.41, 5.74) is 3.68. The molecule has 2 amide bonds. The van der Waals surface area contributed by atoms with Crippen LogP contribution in [0.25, 0.3) is 5.57 Å². The number of hydrogen-bond acceptors (Lipinski definition) is 3. The Morgan fingerprint density at radius 1 is 1.11 bits per heavy atom. The molecule has 0 aromatic heterocycles. The van der Waals surface area contributed by atoms with Crippen molar-refractivity contribution < 1.29 is 9.59 Å². The van der Waals surface area contributed by atoms with E-state index in [0.717, 1.165) is 16.9 Å².